The summed E-state index contributed by atoms with van der Waals surface area (Å²) < 4.78 is 0. The van der Waals surface area contributed by atoms with Crippen LogP contribution < -0.4 is 0 Å². The summed E-state index contributed by atoms with van der Waals surface area (Å²) in [7, 11) is 0. The summed E-state index contributed by atoms with van der Waals surface area (Å²) in [5.41, 5.74) is 0. The first-order valence-electron chi connectivity index (χ1n) is 8.80. The zero-order valence-electron chi connectivity index (χ0n) is 13.9. The fourth-order valence-electron chi connectivity index (χ4n) is 2.10. The molecule has 0 radical (unpaired) electrons. The zero-order chi connectivity index (χ0) is 15.4. The van der Waals surface area contributed by atoms with Gasteiger partial charge in [0.15, 0.2) is 0 Å². The first kappa shape index (κ1) is 19.9. The van der Waals surface area contributed by atoms with Crippen LogP contribution in [0, 0.1) is 0 Å². The molecule has 0 bridgehead atoms. The minimum absolute atomic E-state index is 0.697. The lowest BCUT2D eigenvalue weighted by Crippen LogP contribution is -1.75. The van der Waals surface area contributed by atoms with Crippen LogP contribution in [0.4, 0.5) is 0 Å². The smallest absolute Gasteiger partial charge is 0.120 e. The van der Waals surface area contributed by atoms with Crippen LogP contribution in [-0.2, 0) is 4.79 Å². The molecule has 0 saturated heterocycles. The Morgan fingerprint density at radius 2 is 1.05 bits per heavy atom. The normalized spacial score (nSPS) is 12.0. The van der Waals surface area contributed by atoms with Gasteiger partial charge in [0.25, 0.3) is 0 Å². The van der Waals surface area contributed by atoms with E-state index in [0.29, 0.717) is 6.42 Å². The van der Waals surface area contributed by atoms with Gasteiger partial charge in [-0.2, -0.15) is 0 Å². The molecule has 0 rings (SSSR count). The number of rotatable bonds is 15. The molecule has 0 N–H and O–H groups in total. The lowest BCUT2D eigenvalue weighted by Gasteiger charge is -1.94. The average Bonchev–Trinajstić information content (AvgIpc) is 2.50. The molecule has 0 spiro atoms. The largest absolute Gasteiger partial charge is 0.303 e. The lowest BCUT2D eigenvalue weighted by atomic mass is 10.1. The highest BCUT2D eigenvalue weighted by Gasteiger charge is 1.85. The molecule has 0 aliphatic rings. The van der Waals surface area contributed by atoms with Crippen molar-refractivity contribution in [1.29, 1.82) is 0 Å². The average molecular weight is 290 g/mol. The highest BCUT2D eigenvalue weighted by molar-refractivity contribution is 5.48. The van der Waals surface area contributed by atoms with Crippen molar-refractivity contribution in [1.82, 2.24) is 0 Å². The van der Waals surface area contributed by atoms with E-state index < -0.39 is 0 Å². The number of unbranched alkanes of at least 4 members (excludes halogenated alkanes) is 8. The molecular weight excluding hydrogens is 256 g/mol. The summed E-state index contributed by atoms with van der Waals surface area (Å²) in [5, 5.41) is 0. The maximum absolute atomic E-state index is 10.1. The maximum atomic E-state index is 10.1. The van der Waals surface area contributed by atoms with Gasteiger partial charge in [0.2, 0.25) is 0 Å². The van der Waals surface area contributed by atoms with Gasteiger partial charge >= 0.3 is 0 Å². The molecule has 0 aliphatic carbocycles. The summed E-state index contributed by atoms with van der Waals surface area (Å²) in [6.45, 7) is 2.25. The highest BCUT2D eigenvalue weighted by atomic mass is 16.1. The second-order valence-electron chi connectivity index (χ2n) is 5.53. The number of hydrogen-bond donors (Lipinski definition) is 0. The molecule has 0 aliphatic heterocycles. The summed E-state index contributed by atoms with van der Waals surface area (Å²) in [6, 6.07) is 0. The van der Waals surface area contributed by atoms with E-state index >= 15 is 0 Å². The Balaban J connectivity index is 3.23. The fraction of sp³-hybridized carbons (Fsp3) is 0.650. The van der Waals surface area contributed by atoms with E-state index in [9.17, 15) is 4.79 Å². The lowest BCUT2D eigenvalue weighted by molar-refractivity contribution is -0.107. The van der Waals surface area contributed by atoms with Crippen LogP contribution in [-0.4, -0.2) is 6.29 Å². The van der Waals surface area contributed by atoms with Crippen molar-refractivity contribution in [2.24, 2.45) is 0 Å². The molecule has 1 nitrogen and oxygen atoms in total. The summed E-state index contributed by atoms with van der Waals surface area (Å²) >= 11 is 0. The van der Waals surface area contributed by atoms with Crippen LogP contribution in [0.25, 0.3) is 0 Å². The third-order valence-electron chi connectivity index (χ3n) is 3.43. The van der Waals surface area contributed by atoms with Gasteiger partial charge in [0.1, 0.15) is 6.29 Å². The molecule has 1 heteroatoms. The summed E-state index contributed by atoms with van der Waals surface area (Å²) in [4.78, 5) is 10.1. The molecule has 0 heterocycles. The first-order valence-corrected chi connectivity index (χ1v) is 8.80. The van der Waals surface area contributed by atoms with Crippen LogP contribution in [0.3, 0.4) is 0 Å². The molecule has 21 heavy (non-hydrogen) atoms. The second-order valence-corrected chi connectivity index (χ2v) is 5.53. The molecule has 0 aromatic heterocycles. The predicted octanol–water partition coefficient (Wildman–Crippen LogP) is 6.56. The fourth-order valence-corrected chi connectivity index (χ4v) is 2.10. The van der Waals surface area contributed by atoms with Gasteiger partial charge in [0, 0.05) is 6.42 Å². The molecule has 0 aromatic rings. The molecule has 0 fully saturated rings. The van der Waals surface area contributed by atoms with Gasteiger partial charge in [-0.15, -0.1) is 0 Å². The van der Waals surface area contributed by atoms with Gasteiger partial charge in [-0.25, -0.2) is 0 Å². The van der Waals surface area contributed by atoms with Crippen LogP contribution >= 0.6 is 0 Å². The Kier molecular flexibility index (Phi) is 17.9. The van der Waals surface area contributed by atoms with Crippen LogP contribution in [0.2, 0.25) is 0 Å². The van der Waals surface area contributed by atoms with Gasteiger partial charge in [-0.1, -0.05) is 56.2 Å². The maximum Gasteiger partial charge on any atom is 0.120 e. The van der Waals surface area contributed by atoms with E-state index in [1.165, 1.54) is 51.4 Å². The van der Waals surface area contributed by atoms with Crippen LogP contribution in [0.1, 0.15) is 84.0 Å². The number of hydrogen-bond acceptors (Lipinski definition) is 1. The van der Waals surface area contributed by atoms with Gasteiger partial charge in [-0.3, -0.25) is 0 Å². The number of carbonyl (C=O) groups is 1. The van der Waals surface area contributed by atoms with Crippen molar-refractivity contribution in [3.8, 4) is 0 Å². The van der Waals surface area contributed by atoms with Crippen LogP contribution in [0.15, 0.2) is 36.5 Å². The van der Waals surface area contributed by atoms with Gasteiger partial charge in [0.05, 0.1) is 0 Å². The molecule has 0 amide bonds. The SMILES string of the molecule is CCCCC/C=C/C/C=C/CCCC/C=C/CCCC=O. The number of aldehydes is 1. The Labute approximate surface area is 132 Å². The summed E-state index contributed by atoms with van der Waals surface area (Å²) in [6.07, 6.45) is 28.6. The minimum atomic E-state index is 0.697. The van der Waals surface area contributed by atoms with E-state index in [4.69, 9.17) is 0 Å². The third kappa shape index (κ3) is 18.9. The molecule has 0 saturated carbocycles. The van der Waals surface area contributed by atoms with Crippen molar-refractivity contribution < 1.29 is 4.79 Å². The number of carbonyl (C=O) groups excluding carboxylic acids is 1. The van der Waals surface area contributed by atoms with Crippen molar-refractivity contribution >= 4 is 6.29 Å². The van der Waals surface area contributed by atoms with E-state index in [-0.39, 0.29) is 0 Å². The molecular formula is C20H34O. The minimum Gasteiger partial charge on any atom is -0.303 e. The molecule has 0 atom stereocenters. The molecule has 0 unspecified atom stereocenters. The van der Waals surface area contributed by atoms with Crippen molar-refractivity contribution in [3.05, 3.63) is 36.5 Å². The van der Waals surface area contributed by atoms with Crippen molar-refractivity contribution in [3.63, 3.8) is 0 Å². The summed E-state index contributed by atoms with van der Waals surface area (Å²) in [5.74, 6) is 0. The van der Waals surface area contributed by atoms with Crippen LogP contribution in [0.5, 0.6) is 0 Å². The second kappa shape index (κ2) is 18.9. The van der Waals surface area contributed by atoms with E-state index in [1.54, 1.807) is 0 Å². The number of allylic oxidation sites excluding steroid dienone is 6. The van der Waals surface area contributed by atoms with Gasteiger partial charge in [-0.05, 0) is 57.8 Å². The van der Waals surface area contributed by atoms with Crippen molar-refractivity contribution in [2.45, 2.75) is 84.0 Å². The molecule has 0 aromatic carbocycles. The van der Waals surface area contributed by atoms with E-state index in [2.05, 4.69) is 43.4 Å². The van der Waals surface area contributed by atoms with E-state index in [0.717, 1.165) is 25.5 Å². The Bertz CT molecular complexity index is 286. The Morgan fingerprint density at radius 3 is 1.57 bits per heavy atom. The highest BCUT2D eigenvalue weighted by Crippen LogP contribution is 2.04. The monoisotopic (exact) mass is 290 g/mol. The zero-order valence-corrected chi connectivity index (χ0v) is 13.9. The standard InChI is InChI=1S/C20H34O/c1-2-3-4-5-6-7-8-9-10-11-12-13-14-15-16-17-18-19-20-21/h6-7,9-10,15-16,20H,2-5,8,11-14,17-19H2,1H3/b7-6+,10-9+,16-15+. The molecule has 120 valence electrons. The third-order valence-corrected chi connectivity index (χ3v) is 3.43. The Morgan fingerprint density at radius 1 is 0.571 bits per heavy atom. The quantitative estimate of drug-likeness (QED) is 0.190. The topological polar surface area (TPSA) is 17.1 Å². The van der Waals surface area contributed by atoms with E-state index in [1.807, 2.05) is 0 Å². The van der Waals surface area contributed by atoms with Crippen molar-refractivity contribution in [2.75, 3.05) is 0 Å². The predicted molar refractivity (Wildman–Crippen MR) is 94.6 cm³/mol. The van der Waals surface area contributed by atoms with Gasteiger partial charge < -0.3 is 4.79 Å². The first-order chi connectivity index (χ1) is 10.4. The Hall–Kier alpha value is -1.11.